The summed E-state index contributed by atoms with van der Waals surface area (Å²) in [4.78, 5) is 4.55. The molecule has 17 heavy (non-hydrogen) atoms. The molecule has 2 N–H and O–H groups in total. The number of hydrogen-bond donors (Lipinski definition) is 1. The number of nitrogens with zero attached hydrogens (tertiary/aromatic N) is 2. The van der Waals surface area contributed by atoms with E-state index in [-0.39, 0.29) is 11.0 Å². The predicted molar refractivity (Wildman–Crippen MR) is 70.0 cm³/mol. The Kier molecular flexibility index (Phi) is 3.25. The van der Waals surface area contributed by atoms with Crippen LogP contribution in [0.4, 0.5) is 0 Å². The minimum absolute atomic E-state index is 0.318. The molecule has 2 rings (SSSR count). The number of thioether (sulfide) groups is 1. The van der Waals surface area contributed by atoms with Crippen LogP contribution in [-0.2, 0) is 5.41 Å². The van der Waals surface area contributed by atoms with E-state index in [0.29, 0.717) is 11.1 Å². The van der Waals surface area contributed by atoms with Crippen LogP contribution in [0.2, 0.25) is 0 Å². The minimum atomic E-state index is -0.389. The summed E-state index contributed by atoms with van der Waals surface area (Å²) in [7, 11) is 0. The maximum absolute atomic E-state index is 6.17. The molecule has 1 unspecified atom stereocenters. The largest absolute Gasteiger partial charge is 0.339 e. The third kappa shape index (κ3) is 2.36. The van der Waals surface area contributed by atoms with E-state index in [2.05, 4.69) is 10.1 Å². The van der Waals surface area contributed by atoms with Gasteiger partial charge in [-0.3, -0.25) is 0 Å². The van der Waals surface area contributed by atoms with Crippen molar-refractivity contribution in [1.82, 2.24) is 10.1 Å². The SMILES string of the molecule is CC(C)(N)C(C)(C)c1nc(C2CCCS2)no1. The zero-order valence-corrected chi connectivity index (χ0v) is 11.8. The van der Waals surface area contributed by atoms with Gasteiger partial charge >= 0.3 is 0 Å². The lowest BCUT2D eigenvalue weighted by Crippen LogP contribution is -2.50. The number of rotatable bonds is 3. The first-order chi connectivity index (χ1) is 7.82. The van der Waals surface area contributed by atoms with Crippen molar-refractivity contribution in [2.24, 2.45) is 5.73 Å². The Balaban J connectivity index is 2.23. The van der Waals surface area contributed by atoms with E-state index < -0.39 is 0 Å². The van der Waals surface area contributed by atoms with Gasteiger partial charge in [0, 0.05) is 5.54 Å². The summed E-state index contributed by atoms with van der Waals surface area (Å²) in [5.74, 6) is 2.67. The molecule has 1 aliphatic heterocycles. The molecule has 4 nitrogen and oxygen atoms in total. The van der Waals surface area contributed by atoms with Crippen LogP contribution < -0.4 is 5.73 Å². The zero-order valence-electron chi connectivity index (χ0n) is 11.0. The molecule has 2 heterocycles. The van der Waals surface area contributed by atoms with Crippen molar-refractivity contribution in [2.45, 2.75) is 56.7 Å². The molecule has 0 aromatic carbocycles. The van der Waals surface area contributed by atoms with Gasteiger partial charge < -0.3 is 10.3 Å². The van der Waals surface area contributed by atoms with Gasteiger partial charge in [0.2, 0.25) is 5.89 Å². The third-order valence-corrected chi connectivity index (χ3v) is 5.18. The molecule has 96 valence electrons. The van der Waals surface area contributed by atoms with Gasteiger partial charge in [0.15, 0.2) is 5.82 Å². The molecular weight excluding hydrogens is 234 g/mol. The highest BCUT2D eigenvalue weighted by atomic mass is 32.2. The summed E-state index contributed by atoms with van der Waals surface area (Å²) in [6.45, 7) is 8.07. The van der Waals surface area contributed by atoms with Gasteiger partial charge in [-0.15, -0.1) is 0 Å². The Morgan fingerprint density at radius 1 is 1.35 bits per heavy atom. The molecule has 1 aromatic heterocycles. The van der Waals surface area contributed by atoms with E-state index in [4.69, 9.17) is 10.3 Å². The van der Waals surface area contributed by atoms with Crippen LogP contribution in [0.15, 0.2) is 4.52 Å². The number of nitrogens with two attached hydrogens (primary N) is 1. The molecule has 1 fully saturated rings. The van der Waals surface area contributed by atoms with Gasteiger partial charge in [0.05, 0.1) is 10.7 Å². The smallest absolute Gasteiger partial charge is 0.234 e. The summed E-state index contributed by atoms with van der Waals surface area (Å²) < 4.78 is 5.41. The second kappa shape index (κ2) is 4.28. The fourth-order valence-corrected chi connectivity index (χ4v) is 2.87. The highest BCUT2D eigenvalue weighted by molar-refractivity contribution is 7.99. The van der Waals surface area contributed by atoms with E-state index >= 15 is 0 Å². The molecule has 0 bridgehead atoms. The summed E-state index contributed by atoms with van der Waals surface area (Å²) in [5.41, 5.74) is 5.47. The Labute approximate surface area is 107 Å². The summed E-state index contributed by atoms with van der Waals surface area (Å²) in [6, 6.07) is 0. The van der Waals surface area contributed by atoms with Crippen molar-refractivity contribution in [1.29, 1.82) is 0 Å². The second-order valence-electron chi connectivity index (χ2n) is 5.81. The molecule has 0 amide bonds. The zero-order chi connectivity index (χ0) is 12.7. The maximum Gasteiger partial charge on any atom is 0.234 e. The first-order valence-electron chi connectivity index (χ1n) is 6.07. The average molecular weight is 255 g/mol. The van der Waals surface area contributed by atoms with E-state index in [0.717, 1.165) is 12.2 Å². The molecule has 1 aromatic rings. The molecule has 0 radical (unpaired) electrons. The summed E-state index contributed by atoms with van der Waals surface area (Å²) in [5, 5.41) is 4.52. The molecule has 0 saturated carbocycles. The van der Waals surface area contributed by atoms with Gasteiger partial charge in [-0.05, 0) is 46.3 Å². The number of aromatic nitrogens is 2. The van der Waals surface area contributed by atoms with Crippen molar-refractivity contribution in [3.63, 3.8) is 0 Å². The van der Waals surface area contributed by atoms with Crippen molar-refractivity contribution >= 4 is 11.8 Å². The average Bonchev–Trinajstić information content (AvgIpc) is 2.87. The van der Waals surface area contributed by atoms with Crippen LogP contribution in [0.5, 0.6) is 0 Å². The van der Waals surface area contributed by atoms with Crippen LogP contribution >= 0.6 is 11.8 Å². The fraction of sp³-hybridized carbons (Fsp3) is 0.833. The Morgan fingerprint density at radius 2 is 2.06 bits per heavy atom. The van der Waals surface area contributed by atoms with Crippen LogP contribution in [0, 0.1) is 0 Å². The highest BCUT2D eigenvalue weighted by Crippen LogP contribution is 2.40. The topological polar surface area (TPSA) is 64.9 Å². The van der Waals surface area contributed by atoms with Crippen LogP contribution in [0.1, 0.15) is 57.5 Å². The molecule has 0 aliphatic carbocycles. The van der Waals surface area contributed by atoms with Crippen molar-refractivity contribution < 1.29 is 4.52 Å². The monoisotopic (exact) mass is 255 g/mol. The van der Waals surface area contributed by atoms with Crippen molar-refractivity contribution in [3.05, 3.63) is 11.7 Å². The van der Waals surface area contributed by atoms with Gasteiger partial charge in [0.25, 0.3) is 0 Å². The summed E-state index contributed by atoms with van der Waals surface area (Å²) >= 11 is 1.91. The molecule has 1 saturated heterocycles. The Hall–Kier alpha value is -0.550. The quantitative estimate of drug-likeness (QED) is 0.899. The van der Waals surface area contributed by atoms with E-state index in [9.17, 15) is 0 Å². The molecule has 1 atom stereocenters. The normalized spacial score (nSPS) is 22.1. The van der Waals surface area contributed by atoms with Gasteiger partial charge in [0.1, 0.15) is 0 Å². The van der Waals surface area contributed by atoms with Crippen molar-refractivity contribution in [3.8, 4) is 0 Å². The summed E-state index contributed by atoms with van der Waals surface area (Å²) in [6.07, 6.45) is 2.39. The molecule has 0 spiro atoms. The van der Waals surface area contributed by atoms with Gasteiger partial charge in [-0.1, -0.05) is 5.16 Å². The fourth-order valence-electron chi connectivity index (χ4n) is 1.68. The van der Waals surface area contributed by atoms with E-state index in [1.807, 2.05) is 39.5 Å². The lowest BCUT2D eigenvalue weighted by Gasteiger charge is -2.34. The van der Waals surface area contributed by atoms with Crippen LogP contribution in [-0.4, -0.2) is 21.4 Å². The highest BCUT2D eigenvalue weighted by Gasteiger charge is 2.40. The lowest BCUT2D eigenvalue weighted by atomic mass is 9.75. The van der Waals surface area contributed by atoms with Crippen molar-refractivity contribution in [2.75, 3.05) is 5.75 Å². The first-order valence-corrected chi connectivity index (χ1v) is 7.12. The second-order valence-corrected chi connectivity index (χ2v) is 7.12. The molecular formula is C12H21N3OS. The minimum Gasteiger partial charge on any atom is -0.339 e. The lowest BCUT2D eigenvalue weighted by molar-refractivity contribution is 0.222. The molecule has 1 aliphatic rings. The molecule has 5 heteroatoms. The Bertz CT molecular complexity index is 389. The first kappa shape index (κ1) is 12.9. The van der Waals surface area contributed by atoms with Crippen LogP contribution in [0.25, 0.3) is 0 Å². The standard InChI is InChI=1S/C12H21N3OS/c1-11(2,12(3,4)13)10-14-9(15-16-10)8-6-5-7-17-8/h8H,5-7,13H2,1-4H3. The predicted octanol–water partition coefficient (Wildman–Crippen LogP) is 2.65. The van der Waals surface area contributed by atoms with E-state index in [1.54, 1.807) is 0 Å². The van der Waals surface area contributed by atoms with Crippen LogP contribution in [0.3, 0.4) is 0 Å². The maximum atomic E-state index is 6.17. The Morgan fingerprint density at radius 3 is 2.59 bits per heavy atom. The number of hydrogen-bond acceptors (Lipinski definition) is 5. The third-order valence-electron chi connectivity index (χ3n) is 3.80. The van der Waals surface area contributed by atoms with E-state index in [1.165, 1.54) is 12.2 Å². The van der Waals surface area contributed by atoms with Gasteiger partial charge in [-0.25, -0.2) is 0 Å². The van der Waals surface area contributed by atoms with Gasteiger partial charge in [-0.2, -0.15) is 16.7 Å².